The highest BCUT2D eigenvalue weighted by Crippen LogP contribution is 2.44. The van der Waals surface area contributed by atoms with Gasteiger partial charge in [-0.2, -0.15) is 0 Å². The van der Waals surface area contributed by atoms with Crippen molar-refractivity contribution in [1.29, 1.82) is 0 Å². The number of nitrogens with one attached hydrogen (secondary N) is 1. The number of carbonyl (C=O) groups is 2. The normalized spacial score (nSPS) is 20.4. The molecule has 0 unspecified atom stereocenters. The van der Waals surface area contributed by atoms with E-state index in [0.29, 0.717) is 19.6 Å². The second-order valence-corrected chi connectivity index (χ2v) is 8.57. The number of aromatic nitrogens is 1. The maximum Gasteiger partial charge on any atom is 0.246 e. The third-order valence-corrected chi connectivity index (χ3v) is 6.64. The van der Waals surface area contributed by atoms with Gasteiger partial charge in [-0.1, -0.05) is 49.7 Å². The molecule has 2 atom stereocenters. The summed E-state index contributed by atoms with van der Waals surface area (Å²) in [6.45, 7) is 5.35. The second kappa shape index (κ2) is 8.34. The summed E-state index contributed by atoms with van der Waals surface area (Å²) in [5.74, 6) is 0.790. The Morgan fingerprint density at radius 3 is 2.66 bits per heavy atom. The molecule has 3 aromatic rings. The van der Waals surface area contributed by atoms with Gasteiger partial charge in [-0.3, -0.25) is 9.59 Å². The van der Waals surface area contributed by atoms with E-state index in [-0.39, 0.29) is 24.4 Å². The molecule has 6 heteroatoms. The number of benzene rings is 2. The topological polar surface area (TPSA) is 65.6 Å². The molecule has 0 saturated carbocycles. The number of hydrogen-bond acceptors (Lipinski definition) is 3. The van der Waals surface area contributed by atoms with E-state index < -0.39 is 6.04 Å². The van der Waals surface area contributed by atoms with Crippen LogP contribution >= 0.6 is 0 Å². The number of para-hydroxylation sites is 2. The van der Waals surface area contributed by atoms with Crippen LogP contribution < -0.4 is 4.74 Å². The van der Waals surface area contributed by atoms with E-state index in [0.717, 1.165) is 46.3 Å². The summed E-state index contributed by atoms with van der Waals surface area (Å²) in [6, 6.07) is 15.1. The standard InChI is InChI=1S/C26H29N3O3/c1-3-5-14-28-16-23(30)29-21(26(28)31)15-19-17-10-6-8-12-20(17)27-24(19)25(29)18-11-7-9-13-22(18)32-4-2/h6-13,21,25,27H,3-5,14-16H2,1-2H3/t21-,25+/m0/s1. The fourth-order valence-corrected chi connectivity index (χ4v) is 5.18. The van der Waals surface area contributed by atoms with Crippen LogP contribution in [0, 0.1) is 0 Å². The molecular weight excluding hydrogens is 402 g/mol. The lowest BCUT2D eigenvalue weighted by atomic mass is 9.86. The first-order valence-electron chi connectivity index (χ1n) is 11.5. The van der Waals surface area contributed by atoms with Crippen molar-refractivity contribution in [1.82, 2.24) is 14.8 Å². The zero-order chi connectivity index (χ0) is 22.2. The first-order valence-corrected chi connectivity index (χ1v) is 11.5. The molecule has 32 heavy (non-hydrogen) atoms. The number of nitrogens with zero attached hydrogens (tertiary/aromatic N) is 2. The summed E-state index contributed by atoms with van der Waals surface area (Å²) in [5.41, 5.74) is 4.04. The Kier molecular flexibility index (Phi) is 5.37. The minimum absolute atomic E-state index is 0.00805. The average molecular weight is 432 g/mol. The van der Waals surface area contributed by atoms with Crippen molar-refractivity contribution in [2.75, 3.05) is 19.7 Å². The number of unbranched alkanes of at least 4 members (excludes halogenated alkanes) is 1. The van der Waals surface area contributed by atoms with Crippen LogP contribution in [0.15, 0.2) is 48.5 Å². The minimum atomic E-state index is -0.500. The predicted octanol–water partition coefficient (Wildman–Crippen LogP) is 4.05. The zero-order valence-corrected chi connectivity index (χ0v) is 18.6. The van der Waals surface area contributed by atoms with E-state index in [1.54, 1.807) is 9.80 Å². The lowest BCUT2D eigenvalue weighted by Crippen LogP contribution is -2.63. The molecule has 1 aromatic heterocycles. The Bertz CT molecular complexity index is 1170. The molecule has 0 aliphatic carbocycles. The van der Waals surface area contributed by atoms with E-state index in [9.17, 15) is 9.59 Å². The quantitative estimate of drug-likeness (QED) is 0.640. The maximum absolute atomic E-state index is 13.6. The number of carbonyl (C=O) groups excluding carboxylic acids is 2. The first kappa shape index (κ1) is 20.6. The predicted molar refractivity (Wildman–Crippen MR) is 124 cm³/mol. The van der Waals surface area contributed by atoms with E-state index >= 15 is 0 Å². The highest BCUT2D eigenvalue weighted by molar-refractivity contribution is 5.97. The fraction of sp³-hybridized carbons (Fsp3) is 0.385. The number of piperazine rings is 1. The van der Waals surface area contributed by atoms with Gasteiger partial charge in [0.2, 0.25) is 11.8 Å². The summed E-state index contributed by atoms with van der Waals surface area (Å²) in [7, 11) is 0. The van der Waals surface area contributed by atoms with Gasteiger partial charge in [0.05, 0.1) is 13.2 Å². The van der Waals surface area contributed by atoms with Crippen molar-refractivity contribution >= 4 is 22.7 Å². The number of hydrogen-bond donors (Lipinski definition) is 1. The van der Waals surface area contributed by atoms with Gasteiger partial charge in [-0.15, -0.1) is 0 Å². The molecule has 2 aliphatic rings. The van der Waals surface area contributed by atoms with E-state index in [1.165, 1.54) is 0 Å². The van der Waals surface area contributed by atoms with Crippen molar-refractivity contribution < 1.29 is 14.3 Å². The Balaban J connectivity index is 1.68. The molecule has 2 aromatic carbocycles. The molecule has 2 aliphatic heterocycles. The Morgan fingerprint density at radius 1 is 1.06 bits per heavy atom. The monoisotopic (exact) mass is 431 g/mol. The average Bonchev–Trinajstić information content (AvgIpc) is 3.18. The smallest absolute Gasteiger partial charge is 0.246 e. The SMILES string of the molecule is CCCCN1CC(=O)N2[C@H](c3ccccc3OCC)c3[nH]c4ccccc4c3C[C@H]2C1=O. The van der Waals surface area contributed by atoms with Crippen molar-refractivity contribution in [3.8, 4) is 5.75 Å². The Morgan fingerprint density at radius 2 is 1.84 bits per heavy atom. The van der Waals surface area contributed by atoms with Crippen LogP contribution in [-0.4, -0.2) is 52.3 Å². The molecule has 1 N–H and O–H groups in total. The van der Waals surface area contributed by atoms with Crippen LogP contribution in [0.25, 0.3) is 10.9 Å². The highest BCUT2D eigenvalue weighted by atomic mass is 16.5. The van der Waals surface area contributed by atoms with Crippen LogP contribution in [0.1, 0.15) is 49.6 Å². The van der Waals surface area contributed by atoms with Gasteiger partial charge in [-0.05, 0) is 31.0 Å². The van der Waals surface area contributed by atoms with Crippen molar-refractivity contribution in [2.45, 2.75) is 45.2 Å². The van der Waals surface area contributed by atoms with Gasteiger partial charge in [0.25, 0.3) is 0 Å². The van der Waals surface area contributed by atoms with Crippen molar-refractivity contribution in [2.24, 2.45) is 0 Å². The van der Waals surface area contributed by atoms with Gasteiger partial charge < -0.3 is 19.5 Å². The third-order valence-electron chi connectivity index (χ3n) is 6.64. The zero-order valence-electron chi connectivity index (χ0n) is 18.6. The molecule has 1 saturated heterocycles. The Labute approximate surface area is 188 Å². The molecule has 1 fully saturated rings. The molecular formula is C26H29N3O3. The number of aromatic amines is 1. The largest absolute Gasteiger partial charge is 0.494 e. The maximum atomic E-state index is 13.6. The van der Waals surface area contributed by atoms with Gasteiger partial charge in [-0.25, -0.2) is 0 Å². The van der Waals surface area contributed by atoms with Crippen LogP contribution in [0.2, 0.25) is 0 Å². The number of H-pyrrole nitrogens is 1. The summed E-state index contributed by atoms with van der Waals surface area (Å²) in [5, 5.41) is 1.12. The van der Waals surface area contributed by atoms with E-state index in [4.69, 9.17) is 4.74 Å². The lowest BCUT2D eigenvalue weighted by molar-refractivity contribution is -0.158. The molecule has 6 nitrogen and oxygen atoms in total. The summed E-state index contributed by atoms with van der Waals surface area (Å²) in [6.07, 6.45) is 2.42. The molecule has 0 spiro atoms. The van der Waals surface area contributed by atoms with Gasteiger partial charge in [0, 0.05) is 35.1 Å². The molecule has 3 heterocycles. The molecule has 166 valence electrons. The number of rotatable bonds is 6. The van der Waals surface area contributed by atoms with Crippen LogP contribution in [-0.2, 0) is 16.0 Å². The van der Waals surface area contributed by atoms with Gasteiger partial charge in [0.15, 0.2) is 0 Å². The number of ether oxygens (including phenoxy) is 1. The molecule has 0 radical (unpaired) electrons. The minimum Gasteiger partial charge on any atom is -0.494 e. The summed E-state index contributed by atoms with van der Waals surface area (Å²) in [4.78, 5) is 34.2. The van der Waals surface area contributed by atoms with E-state index in [2.05, 4.69) is 24.0 Å². The van der Waals surface area contributed by atoms with Crippen molar-refractivity contribution in [3.63, 3.8) is 0 Å². The van der Waals surface area contributed by atoms with Gasteiger partial charge in [0.1, 0.15) is 17.8 Å². The number of fused-ring (bicyclic) bond motifs is 4. The molecule has 0 bridgehead atoms. The molecule has 5 rings (SSSR count). The lowest BCUT2D eigenvalue weighted by Gasteiger charge is -2.47. The van der Waals surface area contributed by atoms with Crippen molar-refractivity contribution in [3.05, 3.63) is 65.4 Å². The highest BCUT2D eigenvalue weighted by Gasteiger charge is 2.48. The molecule has 2 amide bonds. The summed E-state index contributed by atoms with van der Waals surface area (Å²) >= 11 is 0. The van der Waals surface area contributed by atoms with Crippen LogP contribution in [0.5, 0.6) is 5.75 Å². The van der Waals surface area contributed by atoms with E-state index in [1.807, 2.05) is 43.3 Å². The van der Waals surface area contributed by atoms with Gasteiger partial charge >= 0.3 is 0 Å². The second-order valence-electron chi connectivity index (χ2n) is 8.57. The van der Waals surface area contributed by atoms with Crippen LogP contribution in [0.4, 0.5) is 0 Å². The third kappa shape index (κ3) is 3.25. The summed E-state index contributed by atoms with van der Waals surface area (Å²) < 4.78 is 5.95. The first-order chi connectivity index (χ1) is 15.6. The number of amides is 2. The van der Waals surface area contributed by atoms with Crippen LogP contribution in [0.3, 0.4) is 0 Å². The fourth-order valence-electron chi connectivity index (χ4n) is 5.18. The Hall–Kier alpha value is -3.28.